The van der Waals surface area contributed by atoms with Gasteiger partial charge in [-0.25, -0.2) is 5.43 Å². The summed E-state index contributed by atoms with van der Waals surface area (Å²) in [5, 5.41) is 9.03. The Labute approximate surface area is 208 Å². The van der Waals surface area contributed by atoms with E-state index in [0.717, 1.165) is 5.56 Å². The molecule has 0 aromatic heterocycles. The van der Waals surface area contributed by atoms with Crippen molar-refractivity contribution in [3.8, 4) is 17.2 Å². The molecule has 0 aliphatic rings. The Morgan fingerprint density at radius 3 is 2.31 bits per heavy atom. The summed E-state index contributed by atoms with van der Waals surface area (Å²) in [4.78, 5) is 36.2. The molecule has 0 aliphatic heterocycles. The number of carbonyl (C=O) groups is 3. The highest BCUT2D eigenvalue weighted by atomic mass is 16.5. The van der Waals surface area contributed by atoms with Gasteiger partial charge < -0.3 is 24.8 Å². The van der Waals surface area contributed by atoms with Crippen molar-refractivity contribution < 1.29 is 28.6 Å². The minimum Gasteiger partial charge on any atom is -0.497 e. The Balaban J connectivity index is 1.52. The average Bonchev–Trinajstić information content (AvgIpc) is 2.87. The number of hydrogen-bond acceptors (Lipinski definition) is 7. The fourth-order valence-electron chi connectivity index (χ4n) is 3.05. The molecule has 10 nitrogen and oxygen atoms in total. The number of rotatable bonds is 9. The van der Waals surface area contributed by atoms with Crippen LogP contribution in [-0.2, 0) is 14.4 Å². The van der Waals surface area contributed by atoms with E-state index in [-0.39, 0.29) is 12.5 Å². The number of amides is 3. The lowest BCUT2D eigenvalue weighted by Gasteiger charge is -2.12. The first-order valence-electron chi connectivity index (χ1n) is 10.8. The molecule has 3 aromatic rings. The summed E-state index contributed by atoms with van der Waals surface area (Å²) < 4.78 is 16.0. The zero-order valence-electron chi connectivity index (χ0n) is 20.0. The van der Waals surface area contributed by atoms with E-state index >= 15 is 0 Å². The Morgan fingerprint density at radius 2 is 1.58 bits per heavy atom. The number of methoxy groups -OCH3 is 2. The number of ether oxygens (including phenoxy) is 3. The van der Waals surface area contributed by atoms with Crippen LogP contribution in [0.1, 0.15) is 11.1 Å². The van der Waals surface area contributed by atoms with Crippen molar-refractivity contribution in [1.82, 2.24) is 5.43 Å². The predicted molar refractivity (Wildman–Crippen MR) is 136 cm³/mol. The number of nitrogens with zero attached hydrogens (tertiary/aromatic N) is 1. The summed E-state index contributed by atoms with van der Waals surface area (Å²) in [5.41, 5.74) is 4.78. The van der Waals surface area contributed by atoms with Crippen LogP contribution in [0.5, 0.6) is 17.2 Å². The second-order valence-corrected chi connectivity index (χ2v) is 7.50. The van der Waals surface area contributed by atoms with Crippen molar-refractivity contribution in [2.45, 2.75) is 6.92 Å². The van der Waals surface area contributed by atoms with Gasteiger partial charge in [0.1, 0.15) is 5.75 Å². The largest absolute Gasteiger partial charge is 0.497 e. The molecule has 3 amide bonds. The fourth-order valence-corrected chi connectivity index (χ4v) is 3.05. The van der Waals surface area contributed by atoms with Gasteiger partial charge in [-0.3, -0.25) is 14.4 Å². The Bertz CT molecular complexity index is 1270. The van der Waals surface area contributed by atoms with E-state index in [0.29, 0.717) is 34.2 Å². The highest BCUT2D eigenvalue weighted by Gasteiger charge is 2.13. The molecule has 0 aliphatic carbocycles. The molecule has 0 spiro atoms. The van der Waals surface area contributed by atoms with Crippen molar-refractivity contribution in [2.24, 2.45) is 5.10 Å². The van der Waals surface area contributed by atoms with Gasteiger partial charge >= 0.3 is 11.8 Å². The van der Waals surface area contributed by atoms with Gasteiger partial charge in [-0.1, -0.05) is 18.2 Å². The monoisotopic (exact) mass is 490 g/mol. The maximum Gasteiger partial charge on any atom is 0.329 e. The first-order valence-corrected chi connectivity index (χ1v) is 10.8. The molecule has 0 saturated heterocycles. The third-order valence-corrected chi connectivity index (χ3v) is 4.76. The van der Waals surface area contributed by atoms with Crippen molar-refractivity contribution >= 4 is 35.3 Å². The van der Waals surface area contributed by atoms with Crippen molar-refractivity contribution in [1.29, 1.82) is 0 Å². The van der Waals surface area contributed by atoms with E-state index in [4.69, 9.17) is 14.2 Å². The normalized spacial score (nSPS) is 10.4. The van der Waals surface area contributed by atoms with Crippen LogP contribution in [0.25, 0.3) is 0 Å². The van der Waals surface area contributed by atoms with Crippen LogP contribution < -0.4 is 30.3 Å². The molecule has 0 bridgehead atoms. The zero-order valence-corrected chi connectivity index (χ0v) is 20.0. The number of carbonyl (C=O) groups excluding carboxylic acids is 3. The van der Waals surface area contributed by atoms with Crippen molar-refractivity contribution in [3.05, 3.63) is 77.9 Å². The van der Waals surface area contributed by atoms with E-state index in [2.05, 4.69) is 21.2 Å². The van der Waals surface area contributed by atoms with Gasteiger partial charge in [-0.05, 0) is 60.5 Å². The third-order valence-electron chi connectivity index (χ3n) is 4.76. The van der Waals surface area contributed by atoms with Gasteiger partial charge in [0.2, 0.25) is 0 Å². The molecule has 3 rings (SSSR count). The summed E-state index contributed by atoms with van der Waals surface area (Å²) in [7, 11) is 3.00. The molecule has 3 N–H and O–H groups in total. The number of anilines is 2. The van der Waals surface area contributed by atoms with E-state index in [9.17, 15) is 14.4 Å². The SMILES string of the molecule is COc1cccc(NC(=O)COc2ccc(/C=N\NC(=O)C(=O)Nc3cccc(C)c3)cc2OC)c1. The summed E-state index contributed by atoms with van der Waals surface area (Å²) in [5.74, 6) is -0.792. The number of nitrogens with one attached hydrogen (secondary N) is 3. The van der Waals surface area contributed by atoms with Gasteiger partial charge in [0.25, 0.3) is 5.91 Å². The zero-order chi connectivity index (χ0) is 25.9. The Hall–Kier alpha value is -4.86. The molecule has 36 heavy (non-hydrogen) atoms. The van der Waals surface area contributed by atoms with Crippen LogP contribution in [0.2, 0.25) is 0 Å². The predicted octanol–water partition coefficient (Wildman–Crippen LogP) is 3.12. The standard InChI is InChI=1S/C26H26N4O6/c1-17-6-4-7-19(12-17)29-25(32)26(33)30-27-15-18-10-11-22(23(13-18)35-3)36-16-24(31)28-20-8-5-9-21(14-20)34-2/h4-15H,16H2,1-3H3,(H,28,31)(H,29,32)(H,30,33)/b27-15-. The highest BCUT2D eigenvalue weighted by molar-refractivity contribution is 6.39. The summed E-state index contributed by atoms with van der Waals surface area (Å²) in [6.07, 6.45) is 1.35. The maximum absolute atomic E-state index is 12.2. The van der Waals surface area contributed by atoms with Crippen molar-refractivity contribution in [2.75, 3.05) is 31.5 Å². The molecule has 3 aromatic carbocycles. The first-order chi connectivity index (χ1) is 17.4. The smallest absolute Gasteiger partial charge is 0.329 e. The molecule has 0 unspecified atom stereocenters. The summed E-state index contributed by atoms with van der Waals surface area (Å²) >= 11 is 0. The highest BCUT2D eigenvalue weighted by Crippen LogP contribution is 2.27. The van der Waals surface area contributed by atoms with Gasteiger partial charge in [-0.15, -0.1) is 0 Å². The Morgan fingerprint density at radius 1 is 0.833 bits per heavy atom. The molecule has 0 radical (unpaired) electrons. The molecular formula is C26H26N4O6. The van der Waals surface area contributed by atoms with E-state index in [1.54, 1.807) is 67.8 Å². The van der Waals surface area contributed by atoms with E-state index in [1.165, 1.54) is 13.3 Å². The molecule has 0 fully saturated rings. The van der Waals surface area contributed by atoms with Gasteiger partial charge in [0.15, 0.2) is 18.1 Å². The van der Waals surface area contributed by atoms with Crippen LogP contribution >= 0.6 is 0 Å². The van der Waals surface area contributed by atoms with Gasteiger partial charge in [0.05, 0.1) is 20.4 Å². The van der Waals surface area contributed by atoms with Crippen LogP contribution in [0.15, 0.2) is 71.8 Å². The first kappa shape index (κ1) is 25.8. The topological polar surface area (TPSA) is 127 Å². The van der Waals surface area contributed by atoms with Crippen LogP contribution in [0.3, 0.4) is 0 Å². The number of benzene rings is 3. The number of hydrogen-bond donors (Lipinski definition) is 3. The second kappa shape index (κ2) is 12.6. The molecular weight excluding hydrogens is 464 g/mol. The van der Waals surface area contributed by atoms with Crippen LogP contribution in [0.4, 0.5) is 11.4 Å². The maximum atomic E-state index is 12.2. The molecule has 0 saturated carbocycles. The van der Waals surface area contributed by atoms with Crippen LogP contribution in [-0.4, -0.2) is 44.8 Å². The van der Waals surface area contributed by atoms with Gasteiger partial charge in [0, 0.05) is 17.4 Å². The Kier molecular flexibility index (Phi) is 8.99. The molecule has 0 atom stereocenters. The molecule has 0 heterocycles. The van der Waals surface area contributed by atoms with Crippen molar-refractivity contribution in [3.63, 3.8) is 0 Å². The minimum absolute atomic E-state index is 0.243. The lowest BCUT2D eigenvalue weighted by molar-refractivity contribution is -0.136. The lowest BCUT2D eigenvalue weighted by atomic mass is 10.2. The second-order valence-electron chi connectivity index (χ2n) is 7.50. The lowest BCUT2D eigenvalue weighted by Crippen LogP contribution is -2.32. The quantitative estimate of drug-likeness (QED) is 0.240. The third kappa shape index (κ3) is 7.59. The number of hydrazone groups is 1. The molecule has 10 heteroatoms. The van der Waals surface area contributed by atoms with Gasteiger partial charge in [-0.2, -0.15) is 5.10 Å². The van der Waals surface area contributed by atoms with E-state index < -0.39 is 11.8 Å². The summed E-state index contributed by atoms with van der Waals surface area (Å²) in [6, 6.07) is 18.9. The number of aryl methyl sites for hydroxylation is 1. The average molecular weight is 491 g/mol. The van der Waals surface area contributed by atoms with E-state index in [1.807, 2.05) is 13.0 Å². The van der Waals surface area contributed by atoms with Crippen LogP contribution in [0, 0.1) is 6.92 Å². The minimum atomic E-state index is -0.915. The fraction of sp³-hybridized carbons (Fsp3) is 0.154. The molecule has 186 valence electrons. The summed E-state index contributed by atoms with van der Waals surface area (Å²) in [6.45, 7) is 1.63.